The number of nitriles is 1. The third kappa shape index (κ3) is 2.36. The van der Waals surface area contributed by atoms with Crippen LogP contribution in [0.5, 0.6) is 0 Å². The Labute approximate surface area is 108 Å². The van der Waals surface area contributed by atoms with Crippen LogP contribution in [0.1, 0.15) is 12.5 Å². The average Bonchev–Trinajstić information content (AvgIpc) is 2.70. The van der Waals surface area contributed by atoms with Crippen molar-refractivity contribution in [2.45, 2.75) is 13.5 Å². The first-order valence-corrected chi connectivity index (χ1v) is 7.15. The summed E-state index contributed by atoms with van der Waals surface area (Å²) in [5, 5.41) is 8.89. The van der Waals surface area contributed by atoms with Gasteiger partial charge in [0.15, 0.2) is 0 Å². The van der Waals surface area contributed by atoms with E-state index < -0.39 is 10.8 Å². The van der Waals surface area contributed by atoms with Crippen LogP contribution in [0.4, 0.5) is 5.95 Å². The summed E-state index contributed by atoms with van der Waals surface area (Å²) in [4.78, 5) is 4.22. The standard InChI is InChI=1S/C12H14N4OS/c1-2-18(17)6-5-16-11-7-9(8-13)3-4-10(11)15-12(16)14/h3-4,7H,2,5-6H2,1H3,(H2,14,15). The van der Waals surface area contributed by atoms with Gasteiger partial charge < -0.3 is 10.3 Å². The summed E-state index contributed by atoms with van der Waals surface area (Å²) in [6.07, 6.45) is 0. The Kier molecular flexibility index (Phi) is 3.63. The summed E-state index contributed by atoms with van der Waals surface area (Å²) in [5.74, 6) is 1.58. The van der Waals surface area contributed by atoms with Gasteiger partial charge >= 0.3 is 0 Å². The number of hydrogen-bond donors (Lipinski definition) is 1. The van der Waals surface area contributed by atoms with Gasteiger partial charge in [-0.1, -0.05) is 6.92 Å². The molecule has 18 heavy (non-hydrogen) atoms. The van der Waals surface area contributed by atoms with Gasteiger partial charge in [-0.2, -0.15) is 5.26 Å². The maximum Gasteiger partial charge on any atom is 0.201 e. The summed E-state index contributed by atoms with van der Waals surface area (Å²) in [7, 11) is -0.839. The quantitative estimate of drug-likeness (QED) is 0.898. The van der Waals surface area contributed by atoms with Crippen molar-refractivity contribution in [2.24, 2.45) is 0 Å². The molecule has 0 amide bonds. The molecule has 0 saturated carbocycles. The number of nitrogens with zero attached hydrogens (tertiary/aromatic N) is 3. The largest absolute Gasteiger partial charge is 0.369 e. The first-order chi connectivity index (χ1) is 8.65. The van der Waals surface area contributed by atoms with Gasteiger partial charge in [0.2, 0.25) is 5.95 Å². The first-order valence-electron chi connectivity index (χ1n) is 5.66. The van der Waals surface area contributed by atoms with Gasteiger partial charge in [0, 0.05) is 28.9 Å². The highest BCUT2D eigenvalue weighted by Crippen LogP contribution is 2.19. The molecule has 0 aliphatic carbocycles. The van der Waals surface area contributed by atoms with E-state index in [9.17, 15) is 4.21 Å². The van der Waals surface area contributed by atoms with Crippen LogP contribution in [-0.2, 0) is 17.3 Å². The Balaban J connectivity index is 2.39. The molecule has 1 aromatic heterocycles. The van der Waals surface area contributed by atoms with Crippen LogP contribution in [0.2, 0.25) is 0 Å². The number of anilines is 1. The zero-order chi connectivity index (χ0) is 13.1. The Morgan fingerprint density at radius 3 is 3.00 bits per heavy atom. The highest BCUT2D eigenvalue weighted by molar-refractivity contribution is 7.84. The van der Waals surface area contributed by atoms with E-state index in [1.807, 2.05) is 11.5 Å². The minimum absolute atomic E-state index is 0.396. The smallest absolute Gasteiger partial charge is 0.201 e. The highest BCUT2D eigenvalue weighted by Gasteiger charge is 2.09. The predicted octanol–water partition coefficient (Wildman–Crippen LogP) is 1.26. The second-order valence-electron chi connectivity index (χ2n) is 3.87. The van der Waals surface area contributed by atoms with Crippen LogP contribution in [-0.4, -0.2) is 25.3 Å². The SMILES string of the molecule is CCS(=O)CCn1c(N)nc2ccc(C#N)cc21. The Morgan fingerprint density at radius 1 is 1.56 bits per heavy atom. The van der Waals surface area contributed by atoms with E-state index in [1.165, 1.54) is 0 Å². The van der Waals surface area contributed by atoms with Gasteiger partial charge in [-0.15, -0.1) is 0 Å². The normalized spacial score (nSPS) is 12.4. The summed E-state index contributed by atoms with van der Waals surface area (Å²) in [6, 6.07) is 7.33. The summed E-state index contributed by atoms with van der Waals surface area (Å²) in [5.41, 5.74) is 7.99. The number of benzene rings is 1. The lowest BCUT2D eigenvalue weighted by atomic mass is 10.2. The number of aryl methyl sites for hydroxylation is 1. The van der Waals surface area contributed by atoms with E-state index >= 15 is 0 Å². The summed E-state index contributed by atoms with van der Waals surface area (Å²) >= 11 is 0. The molecule has 0 bridgehead atoms. The second kappa shape index (κ2) is 5.19. The Morgan fingerprint density at radius 2 is 2.33 bits per heavy atom. The molecule has 1 unspecified atom stereocenters. The minimum atomic E-state index is -0.839. The molecule has 0 fully saturated rings. The molecule has 2 N–H and O–H groups in total. The van der Waals surface area contributed by atoms with E-state index in [4.69, 9.17) is 11.0 Å². The van der Waals surface area contributed by atoms with Gasteiger partial charge in [0.05, 0.1) is 22.7 Å². The van der Waals surface area contributed by atoms with Gasteiger partial charge in [-0.25, -0.2) is 4.98 Å². The van der Waals surface area contributed by atoms with E-state index in [0.29, 0.717) is 29.6 Å². The molecule has 6 heteroatoms. The molecule has 0 aliphatic heterocycles. The van der Waals surface area contributed by atoms with Crippen molar-refractivity contribution in [1.82, 2.24) is 9.55 Å². The maximum absolute atomic E-state index is 11.5. The zero-order valence-corrected chi connectivity index (χ0v) is 10.9. The lowest BCUT2D eigenvalue weighted by Crippen LogP contribution is -2.11. The first kappa shape index (κ1) is 12.6. The molecule has 5 nitrogen and oxygen atoms in total. The van der Waals surface area contributed by atoms with E-state index in [-0.39, 0.29) is 0 Å². The second-order valence-corrected chi connectivity index (χ2v) is 5.73. The van der Waals surface area contributed by atoms with Crippen molar-refractivity contribution < 1.29 is 4.21 Å². The number of nitrogen functional groups attached to an aromatic ring is 1. The molecule has 94 valence electrons. The van der Waals surface area contributed by atoms with Crippen LogP contribution in [0.3, 0.4) is 0 Å². The van der Waals surface area contributed by atoms with E-state index in [1.54, 1.807) is 18.2 Å². The number of hydrogen-bond acceptors (Lipinski definition) is 4. The lowest BCUT2D eigenvalue weighted by molar-refractivity contribution is 0.677. The Bertz CT molecular complexity index is 641. The zero-order valence-electron chi connectivity index (χ0n) is 10.1. The van der Waals surface area contributed by atoms with Gasteiger partial charge in [0.25, 0.3) is 0 Å². The molecule has 0 radical (unpaired) electrons. The lowest BCUT2D eigenvalue weighted by Gasteiger charge is -2.05. The maximum atomic E-state index is 11.5. The van der Waals surface area contributed by atoms with Crippen molar-refractivity contribution in [2.75, 3.05) is 17.2 Å². The fraction of sp³-hybridized carbons (Fsp3) is 0.333. The van der Waals surface area contributed by atoms with E-state index in [0.717, 1.165) is 11.0 Å². The summed E-state index contributed by atoms with van der Waals surface area (Å²) in [6.45, 7) is 2.44. The molecule has 1 aromatic carbocycles. The molecule has 0 aliphatic rings. The topological polar surface area (TPSA) is 84.7 Å². The van der Waals surface area contributed by atoms with Crippen LogP contribution in [0, 0.1) is 11.3 Å². The molecule has 1 atom stereocenters. The molecule has 1 heterocycles. The van der Waals surface area contributed by atoms with Crippen molar-refractivity contribution >= 4 is 27.8 Å². The van der Waals surface area contributed by atoms with Gasteiger partial charge in [0.1, 0.15) is 0 Å². The fourth-order valence-electron chi connectivity index (χ4n) is 1.78. The van der Waals surface area contributed by atoms with Crippen LogP contribution < -0.4 is 5.73 Å². The highest BCUT2D eigenvalue weighted by atomic mass is 32.2. The van der Waals surface area contributed by atoms with Gasteiger partial charge in [-0.3, -0.25) is 4.21 Å². The van der Waals surface area contributed by atoms with Crippen LogP contribution >= 0.6 is 0 Å². The minimum Gasteiger partial charge on any atom is -0.369 e. The average molecular weight is 262 g/mol. The van der Waals surface area contributed by atoms with Crippen LogP contribution in [0.15, 0.2) is 18.2 Å². The van der Waals surface area contributed by atoms with Crippen molar-refractivity contribution in [3.63, 3.8) is 0 Å². The Hall–Kier alpha value is -1.87. The van der Waals surface area contributed by atoms with E-state index in [2.05, 4.69) is 11.1 Å². The molecule has 2 aromatic rings. The van der Waals surface area contributed by atoms with Gasteiger partial charge in [-0.05, 0) is 18.2 Å². The molecular weight excluding hydrogens is 248 g/mol. The van der Waals surface area contributed by atoms with Crippen molar-refractivity contribution in [3.8, 4) is 6.07 Å². The number of aromatic nitrogens is 2. The molecule has 0 saturated heterocycles. The third-order valence-electron chi connectivity index (χ3n) is 2.77. The molecule has 2 rings (SSSR count). The fourth-order valence-corrected chi connectivity index (χ4v) is 2.46. The molecule has 0 spiro atoms. The van der Waals surface area contributed by atoms with Crippen molar-refractivity contribution in [1.29, 1.82) is 5.26 Å². The number of nitrogens with two attached hydrogens (primary N) is 1. The number of fused-ring (bicyclic) bond motifs is 1. The summed E-state index contributed by atoms with van der Waals surface area (Å²) < 4.78 is 13.3. The van der Waals surface area contributed by atoms with Crippen molar-refractivity contribution in [3.05, 3.63) is 23.8 Å². The van der Waals surface area contributed by atoms with Crippen LogP contribution in [0.25, 0.3) is 11.0 Å². The third-order valence-corrected chi connectivity index (χ3v) is 4.05. The number of rotatable bonds is 4. The number of imidazole rings is 1. The monoisotopic (exact) mass is 262 g/mol. The predicted molar refractivity (Wildman–Crippen MR) is 72.4 cm³/mol. The molecular formula is C12H14N4OS.